The van der Waals surface area contributed by atoms with E-state index in [2.05, 4.69) is 231 Å². The predicted octanol–water partition coefficient (Wildman–Crippen LogP) is 15.4. The van der Waals surface area contributed by atoms with Gasteiger partial charge in [-0.25, -0.2) is 0 Å². The maximum Gasteiger partial charge on any atom is 0.142 e. The molecule has 12 rings (SSSR count). The van der Waals surface area contributed by atoms with Crippen molar-refractivity contribution >= 4 is 39.0 Å². The minimum Gasteiger partial charge on any atom is -0.456 e. The molecule has 0 bridgehead atoms. The van der Waals surface area contributed by atoms with Crippen molar-refractivity contribution in [1.29, 1.82) is 0 Å². The van der Waals surface area contributed by atoms with Gasteiger partial charge in [0.1, 0.15) is 11.2 Å². The monoisotopic (exact) mass is 767 g/mol. The molecule has 0 amide bonds. The van der Waals surface area contributed by atoms with Crippen LogP contribution in [0, 0.1) is 0 Å². The van der Waals surface area contributed by atoms with Crippen LogP contribution < -0.4 is 4.90 Å². The van der Waals surface area contributed by atoms with Gasteiger partial charge in [-0.2, -0.15) is 0 Å². The van der Waals surface area contributed by atoms with E-state index in [9.17, 15) is 0 Å². The Morgan fingerprint density at radius 3 is 1.68 bits per heavy atom. The van der Waals surface area contributed by atoms with E-state index in [-0.39, 0.29) is 5.41 Å². The van der Waals surface area contributed by atoms with Crippen LogP contribution in [-0.4, -0.2) is 0 Å². The zero-order valence-corrected chi connectivity index (χ0v) is 33.6. The molecular formula is C58H41NO. The molecule has 0 N–H and O–H groups in total. The van der Waals surface area contributed by atoms with E-state index in [0.29, 0.717) is 0 Å². The summed E-state index contributed by atoms with van der Waals surface area (Å²) in [6.07, 6.45) is 0. The highest BCUT2D eigenvalue weighted by molar-refractivity contribution is 6.16. The van der Waals surface area contributed by atoms with Crippen molar-refractivity contribution in [3.8, 4) is 33.4 Å². The van der Waals surface area contributed by atoms with Crippen LogP contribution >= 0.6 is 0 Å². The second-order valence-corrected chi connectivity index (χ2v) is 16.8. The van der Waals surface area contributed by atoms with Crippen molar-refractivity contribution in [2.75, 3.05) is 4.90 Å². The Hall–Kier alpha value is -7.42. The molecule has 60 heavy (non-hydrogen) atoms. The SMILES string of the molecule is CC1(C)c2ccccc2-c2c(N(c3ccc(-c4ccccc4)cc3)c3ccc(C4(c5ccccc5)c5ccccc5-c5ccccc54)c4oc5ccccc5c34)cccc21. The summed E-state index contributed by atoms with van der Waals surface area (Å²) in [6.45, 7) is 4.72. The van der Waals surface area contributed by atoms with Gasteiger partial charge in [-0.1, -0.05) is 196 Å². The smallest absolute Gasteiger partial charge is 0.142 e. The summed E-state index contributed by atoms with van der Waals surface area (Å²) in [7, 11) is 0. The Bertz CT molecular complexity index is 3240. The highest BCUT2D eigenvalue weighted by atomic mass is 16.3. The van der Waals surface area contributed by atoms with Crippen molar-refractivity contribution in [2.24, 2.45) is 0 Å². The van der Waals surface area contributed by atoms with Crippen LogP contribution in [0.3, 0.4) is 0 Å². The summed E-state index contributed by atoms with van der Waals surface area (Å²) < 4.78 is 7.27. The van der Waals surface area contributed by atoms with Gasteiger partial charge in [0.25, 0.3) is 0 Å². The maximum atomic E-state index is 7.27. The molecule has 2 heteroatoms. The number of nitrogens with zero attached hydrogens (tertiary/aromatic N) is 1. The summed E-state index contributed by atoms with van der Waals surface area (Å²) in [6, 6.07) is 77.7. The van der Waals surface area contributed by atoms with E-state index in [1.807, 2.05) is 0 Å². The van der Waals surface area contributed by atoms with Crippen molar-refractivity contribution in [1.82, 2.24) is 0 Å². The Labute approximate surface area is 350 Å². The molecule has 0 radical (unpaired) electrons. The van der Waals surface area contributed by atoms with Gasteiger partial charge in [0, 0.05) is 27.6 Å². The highest BCUT2D eigenvalue weighted by Gasteiger charge is 2.48. The van der Waals surface area contributed by atoms with Gasteiger partial charge in [0.15, 0.2) is 0 Å². The number of fused-ring (bicyclic) bond motifs is 9. The van der Waals surface area contributed by atoms with Gasteiger partial charge in [-0.15, -0.1) is 0 Å². The van der Waals surface area contributed by atoms with Crippen LogP contribution in [0.1, 0.15) is 47.2 Å². The van der Waals surface area contributed by atoms with Crippen LogP contribution in [-0.2, 0) is 10.8 Å². The van der Waals surface area contributed by atoms with Gasteiger partial charge in [-0.05, 0) is 86.0 Å². The first-order chi connectivity index (χ1) is 29.5. The fraction of sp³-hybridized carbons (Fsp3) is 0.0690. The van der Waals surface area contributed by atoms with Crippen LogP contribution in [0.5, 0.6) is 0 Å². The standard InChI is InChI=1S/C58H41NO/c1-57(2)46-26-13-11-24-44(46)54-49(57)29-17-30-51(54)59(41-34-32-39(33-35-41)38-18-5-3-6-19-38)52-37-36-50(56-55(52)45-25-12-16-31-53(45)60-56)58(40-20-7-4-8-21-40)47-27-14-9-22-42(47)43-23-10-15-28-48(43)58/h3-37H,1-2H3. The topological polar surface area (TPSA) is 16.4 Å². The second-order valence-electron chi connectivity index (χ2n) is 16.8. The highest BCUT2D eigenvalue weighted by Crippen LogP contribution is 2.60. The first-order valence-electron chi connectivity index (χ1n) is 20.9. The van der Waals surface area contributed by atoms with E-state index in [1.165, 1.54) is 61.2 Å². The molecule has 0 unspecified atom stereocenters. The van der Waals surface area contributed by atoms with Crippen LogP contribution in [0.25, 0.3) is 55.3 Å². The van der Waals surface area contributed by atoms with Gasteiger partial charge < -0.3 is 9.32 Å². The molecule has 0 saturated heterocycles. The van der Waals surface area contributed by atoms with Gasteiger partial charge in [0.05, 0.1) is 22.2 Å². The molecule has 284 valence electrons. The lowest BCUT2D eigenvalue weighted by Crippen LogP contribution is -2.29. The van der Waals surface area contributed by atoms with Gasteiger partial charge >= 0.3 is 0 Å². The first-order valence-corrected chi connectivity index (χ1v) is 20.9. The summed E-state index contributed by atoms with van der Waals surface area (Å²) >= 11 is 0. The van der Waals surface area contributed by atoms with Crippen molar-refractivity contribution in [3.05, 3.63) is 246 Å². The molecule has 2 aliphatic rings. The number of furan rings is 1. The van der Waals surface area contributed by atoms with E-state index in [0.717, 1.165) is 44.6 Å². The lowest BCUT2D eigenvalue weighted by Gasteiger charge is -2.35. The Balaban J connectivity index is 1.19. The summed E-state index contributed by atoms with van der Waals surface area (Å²) in [4.78, 5) is 2.49. The van der Waals surface area contributed by atoms with Gasteiger partial charge in [-0.3, -0.25) is 0 Å². The number of rotatable bonds is 6. The molecule has 0 aliphatic heterocycles. The molecule has 2 nitrogen and oxygen atoms in total. The minimum absolute atomic E-state index is 0.155. The van der Waals surface area contributed by atoms with E-state index >= 15 is 0 Å². The maximum absolute atomic E-state index is 7.27. The molecule has 1 aromatic heterocycles. The number of anilines is 3. The molecule has 0 saturated carbocycles. The summed E-state index contributed by atoms with van der Waals surface area (Å²) in [5.74, 6) is 0. The van der Waals surface area contributed by atoms with Crippen LogP contribution in [0.15, 0.2) is 217 Å². The molecule has 9 aromatic carbocycles. The number of hydrogen-bond acceptors (Lipinski definition) is 2. The van der Waals surface area contributed by atoms with Crippen LogP contribution in [0.4, 0.5) is 17.1 Å². The third kappa shape index (κ3) is 4.76. The minimum atomic E-state index is -0.627. The Kier molecular flexibility index (Phi) is 7.52. The van der Waals surface area contributed by atoms with Crippen molar-refractivity contribution in [2.45, 2.75) is 24.7 Å². The average Bonchev–Trinajstić information content (AvgIpc) is 3.92. The number of benzene rings is 9. The molecule has 0 fully saturated rings. The largest absolute Gasteiger partial charge is 0.456 e. The molecule has 0 atom stereocenters. The normalized spacial score (nSPS) is 14.1. The third-order valence-electron chi connectivity index (χ3n) is 13.4. The lowest BCUT2D eigenvalue weighted by atomic mass is 9.67. The zero-order chi connectivity index (χ0) is 40.0. The summed E-state index contributed by atoms with van der Waals surface area (Å²) in [5.41, 5.74) is 19.3. The van der Waals surface area contributed by atoms with Crippen molar-refractivity contribution < 1.29 is 4.42 Å². The fourth-order valence-electron chi connectivity index (χ4n) is 10.7. The predicted molar refractivity (Wildman–Crippen MR) is 249 cm³/mol. The number of para-hydroxylation sites is 1. The van der Waals surface area contributed by atoms with E-state index in [4.69, 9.17) is 4.42 Å². The molecule has 0 spiro atoms. The van der Waals surface area contributed by atoms with Crippen molar-refractivity contribution in [3.63, 3.8) is 0 Å². The third-order valence-corrected chi connectivity index (χ3v) is 13.4. The average molecular weight is 768 g/mol. The zero-order valence-electron chi connectivity index (χ0n) is 33.6. The Morgan fingerprint density at radius 1 is 0.400 bits per heavy atom. The van der Waals surface area contributed by atoms with Crippen LogP contribution in [0.2, 0.25) is 0 Å². The number of hydrogen-bond donors (Lipinski definition) is 0. The lowest BCUT2D eigenvalue weighted by molar-refractivity contribution is 0.648. The molecule has 10 aromatic rings. The fourth-order valence-corrected chi connectivity index (χ4v) is 10.7. The quantitative estimate of drug-likeness (QED) is 0.168. The Morgan fingerprint density at radius 2 is 0.967 bits per heavy atom. The summed E-state index contributed by atoms with van der Waals surface area (Å²) in [5, 5.41) is 2.18. The second kappa shape index (κ2) is 13.0. The molecular weight excluding hydrogens is 727 g/mol. The van der Waals surface area contributed by atoms with Gasteiger partial charge in [0.2, 0.25) is 0 Å². The van der Waals surface area contributed by atoms with E-state index < -0.39 is 5.41 Å². The van der Waals surface area contributed by atoms with E-state index in [1.54, 1.807) is 0 Å². The first kappa shape index (κ1) is 34.6. The molecule has 1 heterocycles. The molecule has 2 aliphatic carbocycles.